The monoisotopic (exact) mass is 397 g/mol. The Balaban J connectivity index is 1.39. The predicted molar refractivity (Wildman–Crippen MR) is 104 cm³/mol. The third-order valence-corrected chi connectivity index (χ3v) is 5.35. The van der Waals surface area contributed by atoms with Gasteiger partial charge in [-0.25, -0.2) is 0 Å². The van der Waals surface area contributed by atoms with Crippen molar-refractivity contribution in [1.29, 1.82) is 0 Å². The third-order valence-electron chi connectivity index (χ3n) is 5.35. The Hall–Kier alpha value is -3.29. The summed E-state index contributed by atoms with van der Waals surface area (Å²) in [5.74, 6) is 1.45. The maximum atomic E-state index is 12.5. The van der Waals surface area contributed by atoms with Gasteiger partial charge in [-0.3, -0.25) is 14.6 Å². The third kappa shape index (κ3) is 4.11. The fourth-order valence-corrected chi connectivity index (χ4v) is 3.62. The lowest BCUT2D eigenvalue weighted by Crippen LogP contribution is -2.54. The van der Waals surface area contributed by atoms with Crippen molar-refractivity contribution < 1.29 is 23.8 Å². The molecule has 29 heavy (non-hydrogen) atoms. The molecule has 0 unspecified atom stereocenters. The number of hydrogen-bond acceptors (Lipinski definition) is 6. The van der Waals surface area contributed by atoms with Crippen LogP contribution in [0.2, 0.25) is 0 Å². The minimum absolute atomic E-state index is 0.0289. The molecule has 1 aromatic carbocycles. The van der Waals surface area contributed by atoms with Gasteiger partial charge in [0.05, 0.1) is 25.4 Å². The van der Waals surface area contributed by atoms with Crippen LogP contribution in [0.1, 0.15) is 23.2 Å². The van der Waals surface area contributed by atoms with Gasteiger partial charge in [0, 0.05) is 32.1 Å². The van der Waals surface area contributed by atoms with E-state index in [-0.39, 0.29) is 18.4 Å². The van der Waals surface area contributed by atoms with E-state index in [1.165, 1.54) is 0 Å². The van der Waals surface area contributed by atoms with E-state index in [0.29, 0.717) is 55.3 Å². The number of nitrogens with zero attached hydrogens (tertiary/aromatic N) is 2. The van der Waals surface area contributed by atoms with Gasteiger partial charge in [-0.1, -0.05) is 0 Å². The number of carbonyl (C=O) groups excluding carboxylic acids is 2. The molecule has 1 fully saturated rings. The zero-order valence-electron chi connectivity index (χ0n) is 16.2. The molecule has 1 saturated heterocycles. The number of benzene rings is 1. The smallest absolute Gasteiger partial charge is 0.260 e. The second-order valence-corrected chi connectivity index (χ2v) is 7.19. The van der Waals surface area contributed by atoms with E-state index in [1.54, 1.807) is 54.7 Å². The molecule has 8 heteroatoms. The summed E-state index contributed by atoms with van der Waals surface area (Å²) >= 11 is 0. The second kappa shape index (κ2) is 7.98. The number of fused-ring (bicyclic) bond motifs is 1. The first-order chi connectivity index (χ1) is 14.1. The van der Waals surface area contributed by atoms with Crippen molar-refractivity contribution in [3.05, 3.63) is 48.3 Å². The molecule has 1 spiro atoms. The first-order valence-corrected chi connectivity index (χ1v) is 9.54. The SMILES string of the molecule is COc1ccc2c(c1)C(=O)NCC1(CCN(C(=O)COc3cccnc3)CC1)O2. The number of pyridine rings is 1. The van der Waals surface area contributed by atoms with Crippen molar-refractivity contribution in [2.75, 3.05) is 33.4 Å². The Kier molecular flexibility index (Phi) is 5.24. The number of ether oxygens (including phenoxy) is 3. The molecule has 2 aliphatic heterocycles. The van der Waals surface area contributed by atoms with Gasteiger partial charge in [0.2, 0.25) is 0 Å². The molecule has 0 aliphatic carbocycles. The molecule has 1 aromatic heterocycles. The van der Waals surface area contributed by atoms with Gasteiger partial charge in [0.25, 0.3) is 11.8 Å². The van der Waals surface area contributed by atoms with Gasteiger partial charge in [-0.05, 0) is 30.3 Å². The van der Waals surface area contributed by atoms with Crippen LogP contribution in [0.25, 0.3) is 0 Å². The molecule has 2 amide bonds. The fraction of sp³-hybridized carbons (Fsp3) is 0.381. The number of amides is 2. The topological polar surface area (TPSA) is 90.0 Å². The summed E-state index contributed by atoms with van der Waals surface area (Å²) in [6.45, 7) is 1.45. The van der Waals surface area contributed by atoms with Gasteiger partial charge >= 0.3 is 0 Å². The van der Waals surface area contributed by atoms with Gasteiger partial charge in [0.1, 0.15) is 22.8 Å². The Morgan fingerprint density at radius 1 is 1.28 bits per heavy atom. The Bertz CT molecular complexity index is 894. The molecule has 0 bridgehead atoms. The highest BCUT2D eigenvalue weighted by molar-refractivity contribution is 5.97. The molecule has 2 aliphatic rings. The highest BCUT2D eigenvalue weighted by Gasteiger charge is 2.41. The van der Waals surface area contributed by atoms with E-state index < -0.39 is 5.60 Å². The summed E-state index contributed by atoms with van der Waals surface area (Å²) in [5, 5.41) is 2.95. The molecule has 152 valence electrons. The highest BCUT2D eigenvalue weighted by atomic mass is 16.5. The first kappa shape index (κ1) is 19.0. The van der Waals surface area contributed by atoms with E-state index in [9.17, 15) is 9.59 Å². The maximum Gasteiger partial charge on any atom is 0.260 e. The summed E-state index contributed by atoms with van der Waals surface area (Å²) in [5.41, 5.74) is -0.0687. The van der Waals surface area contributed by atoms with Crippen molar-refractivity contribution >= 4 is 11.8 Å². The van der Waals surface area contributed by atoms with E-state index in [0.717, 1.165) is 0 Å². The van der Waals surface area contributed by atoms with E-state index in [4.69, 9.17) is 14.2 Å². The van der Waals surface area contributed by atoms with Gasteiger partial charge in [-0.15, -0.1) is 0 Å². The van der Waals surface area contributed by atoms with E-state index >= 15 is 0 Å². The number of piperidine rings is 1. The normalized spacial score (nSPS) is 17.6. The van der Waals surface area contributed by atoms with Crippen molar-refractivity contribution in [1.82, 2.24) is 15.2 Å². The molecule has 4 rings (SSSR count). The second-order valence-electron chi connectivity index (χ2n) is 7.19. The summed E-state index contributed by atoms with van der Waals surface area (Å²) in [6.07, 6.45) is 4.47. The lowest BCUT2D eigenvalue weighted by atomic mass is 9.91. The quantitative estimate of drug-likeness (QED) is 0.844. The number of carbonyl (C=O) groups is 2. The molecule has 0 radical (unpaired) electrons. The standard InChI is InChI=1S/C21H23N3O5/c1-27-15-4-5-18-17(11-15)20(26)23-14-21(29-18)6-9-24(10-7-21)19(25)13-28-16-3-2-8-22-12-16/h2-5,8,11-12H,6-7,9-10,13-14H2,1H3,(H,23,26). The number of likely N-dealkylation sites (tertiary alicyclic amines) is 1. The van der Waals surface area contributed by atoms with Crippen LogP contribution in [-0.2, 0) is 4.79 Å². The summed E-state index contributed by atoms with van der Waals surface area (Å²) < 4.78 is 17.0. The van der Waals surface area contributed by atoms with E-state index in [1.807, 2.05) is 0 Å². The number of rotatable bonds is 4. The molecule has 0 atom stereocenters. The van der Waals surface area contributed by atoms with Crippen molar-refractivity contribution in [3.8, 4) is 17.2 Å². The van der Waals surface area contributed by atoms with E-state index in [2.05, 4.69) is 10.3 Å². The zero-order valence-corrected chi connectivity index (χ0v) is 16.2. The van der Waals surface area contributed by atoms with Crippen molar-refractivity contribution in [3.63, 3.8) is 0 Å². The maximum absolute atomic E-state index is 12.5. The van der Waals surface area contributed by atoms with Crippen molar-refractivity contribution in [2.24, 2.45) is 0 Å². The van der Waals surface area contributed by atoms with Crippen LogP contribution in [-0.4, -0.2) is 60.7 Å². The molecular weight excluding hydrogens is 374 g/mol. The van der Waals surface area contributed by atoms with Crippen LogP contribution in [0.4, 0.5) is 0 Å². The Labute approximate surface area is 168 Å². The molecule has 3 heterocycles. The summed E-state index contributed by atoms with van der Waals surface area (Å²) in [6, 6.07) is 8.74. The first-order valence-electron chi connectivity index (χ1n) is 9.54. The zero-order chi connectivity index (χ0) is 20.3. The fourth-order valence-electron chi connectivity index (χ4n) is 3.62. The minimum atomic E-state index is -0.531. The van der Waals surface area contributed by atoms with Crippen LogP contribution in [0.5, 0.6) is 17.2 Å². The predicted octanol–water partition coefficient (Wildman–Crippen LogP) is 1.65. The van der Waals surface area contributed by atoms with Crippen molar-refractivity contribution in [2.45, 2.75) is 18.4 Å². The Morgan fingerprint density at radius 3 is 2.83 bits per heavy atom. The molecular formula is C21H23N3O5. The average Bonchev–Trinajstić information content (AvgIpc) is 2.90. The van der Waals surface area contributed by atoms with Crippen LogP contribution < -0.4 is 19.5 Å². The van der Waals surface area contributed by atoms with Crippen LogP contribution >= 0.6 is 0 Å². The lowest BCUT2D eigenvalue weighted by molar-refractivity contribution is -0.136. The average molecular weight is 397 g/mol. The molecule has 2 aromatic rings. The van der Waals surface area contributed by atoms with Crippen LogP contribution in [0, 0.1) is 0 Å². The largest absolute Gasteiger partial charge is 0.497 e. The molecule has 1 N–H and O–H groups in total. The highest BCUT2D eigenvalue weighted by Crippen LogP contribution is 2.34. The summed E-state index contributed by atoms with van der Waals surface area (Å²) in [7, 11) is 1.56. The van der Waals surface area contributed by atoms with Gasteiger partial charge in [-0.2, -0.15) is 0 Å². The number of aromatic nitrogens is 1. The Morgan fingerprint density at radius 2 is 2.10 bits per heavy atom. The molecule has 0 saturated carbocycles. The van der Waals surface area contributed by atoms with Gasteiger partial charge < -0.3 is 24.4 Å². The molecule has 8 nitrogen and oxygen atoms in total. The minimum Gasteiger partial charge on any atom is -0.497 e. The number of hydrogen-bond donors (Lipinski definition) is 1. The lowest BCUT2D eigenvalue weighted by Gasteiger charge is -2.41. The van der Waals surface area contributed by atoms with Gasteiger partial charge in [0.15, 0.2) is 6.61 Å². The number of nitrogens with one attached hydrogen (secondary N) is 1. The van der Waals surface area contributed by atoms with Crippen LogP contribution in [0.15, 0.2) is 42.7 Å². The summed E-state index contributed by atoms with van der Waals surface area (Å²) in [4.78, 5) is 30.7. The number of methoxy groups -OCH3 is 1. The van der Waals surface area contributed by atoms with Crippen LogP contribution in [0.3, 0.4) is 0 Å².